The molecule has 1 heteroatoms. The van der Waals surface area contributed by atoms with Crippen molar-refractivity contribution in [1.29, 1.82) is 0 Å². The monoisotopic (exact) mass is 155 g/mol. The van der Waals surface area contributed by atoms with Crippen molar-refractivity contribution in [2.75, 3.05) is 0 Å². The van der Waals surface area contributed by atoms with E-state index in [0.29, 0.717) is 0 Å². The maximum atomic E-state index is 9.61. The molecule has 0 aromatic carbocycles. The Morgan fingerprint density at radius 3 is 2.73 bits per heavy atom. The zero-order valence-electron chi connectivity index (χ0n) is 8.59. The van der Waals surface area contributed by atoms with Gasteiger partial charge < -0.3 is 5.11 Å². The van der Waals surface area contributed by atoms with Gasteiger partial charge in [-0.25, -0.2) is 0 Å². The first-order valence-electron chi connectivity index (χ1n) is 4.73. The van der Waals surface area contributed by atoms with Crippen molar-refractivity contribution in [3.8, 4) is 0 Å². The first kappa shape index (κ1) is 7.35. The Hall–Kier alpha value is -0.300. The van der Waals surface area contributed by atoms with Crippen LogP contribution in [0.2, 0.25) is 0 Å². The molecule has 1 aliphatic carbocycles. The fraction of sp³-hybridized carbons (Fsp3) is 0.800. The van der Waals surface area contributed by atoms with Crippen LogP contribution < -0.4 is 0 Å². The summed E-state index contributed by atoms with van der Waals surface area (Å²) in [5.41, 5.74) is -0.637. The Kier molecular flexibility index (Phi) is 1.99. The van der Waals surface area contributed by atoms with Crippen molar-refractivity contribution in [2.24, 2.45) is 11.8 Å². The molecule has 0 aromatic rings. The van der Waals surface area contributed by atoms with Crippen LogP contribution in [0.3, 0.4) is 0 Å². The molecule has 0 saturated carbocycles. The van der Waals surface area contributed by atoms with Crippen molar-refractivity contribution in [1.82, 2.24) is 0 Å². The minimum absolute atomic E-state index is 0.290. The van der Waals surface area contributed by atoms with E-state index in [0.717, 1.165) is 12.8 Å². The molecule has 0 heterocycles. The van der Waals surface area contributed by atoms with Crippen LogP contribution in [0.1, 0.15) is 35.0 Å². The molecular formula is C10H18O. The Labute approximate surface area is 70.5 Å². The van der Waals surface area contributed by atoms with Gasteiger partial charge in [0.25, 0.3) is 0 Å². The summed E-state index contributed by atoms with van der Waals surface area (Å²) >= 11 is 0. The van der Waals surface area contributed by atoms with Crippen LogP contribution in [0.25, 0.3) is 0 Å². The first-order valence-corrected chi connectivity index (χ1v) is 4.23. The van der Waals surface area contributed by atoms with E-state index in [4.69, 9.17) is 1.37 Å². The molecule has 1 nitrogen and oxygen atoms in total. The van der Waals surface area contributed by atoms with Gasteiger partial charge in [-0.2, -0.15) is 0 Å². The SMILES string of the molecule is [2H]C(C)(C)C1C=CC(C)(O)CC1. The first-order chi connectivity index (χ1) is 5.31. The molecule has 0 fully saturated rings. The number of allylic oxidation sites excluding steroid dienone is 1. The molecule has 0 aromatic heterocycles. The molecule has 1 rings (SSSR count). The summed E-state index contributed by atoms with van der Waals surface area (Å²) in [6.07, 6.45) is 5.50. The summed E-state index contributed by atoms with van der Waals surface area (Å²) in [5, 5.41) is 9.61. The zero-order chi connectivity index (χ0) is 9.41. The van der Waals surface area contributed by atoms with Crippen molar-refractivity contribution in [3.05, 3.63) is 12.2 Å². The van der Waals surface area contributed by atoms with Gasteiger partial charge in [0.15, 0.2) is 0 Å². The average Bonchev–Trinajstić information content (AvgIpc) is 1.83. The Morgan fingerprint density at radius 2 is 2.36 bits per heavy atom. The summed E-state index contributed by atoms with van der Waals surface area (Å²) < 4.78 is 7.82. The van der Waals surface area contributed by atoms with Crippen molar-refractivity contribution in [2.45, 2.75) is 39.2 Å². The van der Waals surface area contributed by atoms with E-state index < -0.39 is 11.5 Å². The average molecular weight is 155 g/mol. The summed E-state index contributed by atoms with van der Waals surface area (Å²) in [6, 6.07) is 0. The molecule has 64 valence electrons. The third-order valence-corrected chi connectivity index (χ3v) is 2.39. The third kappa shape index (κ3) is 2.33. The fourth-order valence-corrected chi connectivity index (χ4v) is 1.43. The van der Waals surface area contributed by atoms with Gasteiger partial charge in [-0.15, -0.1) is 0 Å². The zero-order valence-corrected chi connectivity index (χ0v) is 7.59. The predicted octanol–water partition coefficient (Wildman–Crippen LogP) is 2.36. The normalized spacial score (nSPS) is 40.4. The molecule has 2 atom stereocenters. The maximum Gasteiger partial charge on any atom is 0.0800 e. The van der Waals surface area contributed by atoms with Crippen molar-refractivity contribution < 1.29 is 6.48 Å². The highest BCUT2D eigenvalue weighted by Gasteiger charge is 2.24. The quantitative estimate of drug-likeness (QED) is 0.576. The molecule has 11 heavy (non-hydrogen) atoms. The minimum Gasteiger partial charge on any atom is -0.386 e. The molecular weight excluding hydrogens is 136 g/mol. The number of hydrogen-bond acceptors (Lipinski definition) is 1. The van der Waals surface area contributed by atoms with Crippen LogP contribution in [0.15, 0.2) is 12.2 Å². The minimum atomic E-state index is -0.637. The lowest BCUT2D eigenvalue weighted by Gasteiger charge is -2.29. The van der Waals surface area contributed by atoms with E-state index in [-0.39, 0.29) is 5.92 Å². The Morgan fingerprint density at radius 1 is 1.73 bits per heavy atom. The molecule has 2 unspecified atom stereocenters. The summed E-state index contributed by atoms with van der Waals surface area (Å²) in [5.74, 6) is -0.120. The van der Waals surface area contributed by atoms with Gasteiger partial charge in [-0.3, -0.25) is 0 Å². The van der Waals surface area contributed by atoms with E-state index in [1.807, 2.05) is 32.9 Å². The van der Waals surface area contributed by atoms with Crippen LogP contribution in [0.5, 0.6) is 0 Å². The maximum absolute atomic E-state index is 9.61. The molecule has 0 amide bonds. The molecule has 0 spiro atoms. The van der Waals surface area contributed by atoms with Crippen molar-refractivity contribution in [3.63, 3.8) is 0 Å². The summed E-state index contributed by atoms with van der Waals surface area (Å²) in [6.45, 7) is 5.65. The van der Waals surface area contributed by atoms with E-state index in [1.165, 1.54) is 0 Å². The second-order valence-electron chi connectivity index (χ2n) is 3.94. The van der Waals surface area contributed by atoms with Gasteiger partial charge in [0.1, 0.15) is 0 Å². The standard InChI is InChI=1S/C10H18O/c1-8(2)9-4-6-10(3,11)7-5-9/h4,6,8-9,11H,5,7H2,1-3H3/i8D. The van der Waals surface area contributed by atoms with Gasteiger partial charge in [-0.1, -0.05) is 26.0 Å². The van der Waals surface area contributed by atoms with Crippen LogP contribution in [0, 0.1) is 11.8 Å². The lowest BCUT2D eigenvalue weighted by Crippen LogP contribution is -2.26. The summed E-state index contributed by atoms with van der Waals surface area (Å²) in [4.78, 5) is 0. The Balaban J connectivity index is 2.67. The van der Waals surface area contributed by atoms with Gasteiger partial charge >= 0.3 is 0 Å². The van der Waals surface area contributed by atoms with E-state index in [2.05, 4.69) is 0 Å². The summed E-state index contributed by atoms with van der Waals surface area (Å²) in [7, 11) is 0. The third-order valence-electron chi connectivity index (χ3n) is 2.39. The lowest BCUT2D eigenvalue weighted by atomic mass is 9.81. The van der Waals surface area contributed by atoms with Crippen molar-refractivity contribution >= 4 is 0 Å². The highest BCUT2D eigenvalue weighted by atomic mass is 16.3. The fourth-order valence-electron chi connectivity index (χ4n) is 1.43. The molecule has 0 radical (unpaired) electrons. The topological polar surface area (TPSA) is 20.2 Å². The van der Waals surface area contributed by atoms with Gasteiger partial charge in [0.2, 0.25) is 0 Å². The van der Waals surface area contributed by atoms with Crippen LogP contribution in [0.4, 0.5) is 0 Å². The smallest absolute Gasteiger partial charge is 0.0800 e. The van der Waals surface area contributed by atoms with E-state index in [1.54, 1.807) is 0 Å². The highest BCUT2D eigenvalue weighted by molar-refractivity contribution is 5.06. The molecule has 0 bridgehead atoms. The van der Waals surface area contributed by atoms with E-state index >= 15 is 0 Å². The molecule has 0 saturated heterocycles. The molecule has 1 aliphatic rings. The van der Waals surface area contributed by atoms with Gasteiger partial charge in [0.05, 0.1) is 5.60 Å². The van der Waals surface area contributed by atoms with Crippen LogP contribution in [-0.4, -0.2) is 10.7 Å². The number of hydrogen-bond donors (Lipinski definition) is 1. The second kappa shape index (κ2) is 2.98. The van der Waals surface area contributed by atoms with Crippen LogP contribution in [-0.2, 0) is 0 Å². The molecule has 1 N–H and O–H groups in total. The lowest BCUT2D eigenvalue weighted by molar-refractivity contribution is 0.0845. The number of rotatable bonds is 1. The Bertz CT molecular complexity index is 189. The van der Waals surface area contributed by atoms with Crippen LogP contribution >= 0.6 is 0 Å². The van der Waals surface area contributed by atoms with E-state index in [9.17, 15) is 5.11 Å². The molecule has 0 aliphatic heterocycles. The highest BCUT2D eigenvalue weighted by Crippen LogP contribution is 2.29. The van der Waals surface area contributed by atoms with Gasteiger partial charge in [-0.05, 0) is 31.6 Å². The second-order valence-corrected chi connectivity index (χ2v) is 3.94. The predicted molar refractivity (Wildman–Crippen MR) is 47.3 cm³/mol. The number of aliphatic hydroxyl groups is 1. The largest absolute Gasteiger partial charge is 0.386 e. The van der Waals surface area contributed by atoms with Gasteiger partial charge in [0, 0.05) is 1.37 Å².